The maximum Gasteiger partial charge on any atom is 0.249 e. The molecule has 0 aromatic carbocycles. The Labute approximate surface area is 380 Å². The van der Waals surface area contributed by atoms with Gasteiger partial charge in [-0.25, -0.2) is 0 Å². The number of rotatable bonds is 50. The third-order valence-corrected chi connectivity index (χ3v) is 12.9. The predicted octanol–water partition coefficient (Wildman–Crippen LogP) is 15.5. The van der Waals surface area contributed by atoms with Crippen LogP contribution in [0.5, 0.6) is 0 Å². The minimum atomic E-state index is -1.26. The van der Waals surface area contributed by atoms with Gasteiger partial charge >= 0.3 is 0 Å². The Morgan fingerprint density at radius 2 is 0.754 bits per heavy atom. The van der Waals surface area contributed by atoms with Crippen molar-refractivity contribution in [2.75, 3.05) is 6.61 Å². The summed E-state index contributed by atoms with van der Waals surface area (Å²) in [5.41, 5.74) is 0. The van der Waals surface area contributed by atoms with Gasteiger partial charge < -0.3 is 25.7 Å². The number of carbonyl (C=O) groups excluding carboxylic acids is 1. The molecule has 0 radical (unpaired) electrons. The van der Waals surface area contributed by atoms with Crippen LogP contribution in [-0.2, 0) is 4.79 Å². The number of aliphatic hydroxyl groups is 4. The highest BCUT2D eigenvalue weighted by Gasteiger charge is 2.28. The van der Waals surface area contributed by atoms with E-state index in [0.29, 0.717) is 12.8 Å². The van der Waals surface area contributed by atoms with Gasteiger partial charge in [-0.1, -0.05) is 276 Å². The minimum Gasteiger partial charge on any atom is -0.394 e. The Balaban J connectivity index is 3.61. The molecule has 0 saturated heterocycles. The Morgan fingerprint density at radius 3 is 1.11 bits per heavy atom. The van der Waals surface area contributed by atoms with Gasteiger partial charge in [0, 0.05) is 0 Å². The number of hydrogen-bond donors (Lipinski definition) is 5. The highest BCUT2D eigenvalue weighted by Crippen LogP contribution is 2.18. The monoisotopic (exact) mass is 862 g/mol. The van der Waals surface area contributed by atoms with Crippen LogP contribution in [0.15, 0.2) is 24.3 Å². The lowest BCUT2D eigenvalue weighted by Gasteiger charge is -2.27. The molecule has 0 aromatic rings. The zero-order valence-corrected chi connectivity index (χ0v) is 40.9. The maximum absolute atomic E-state index is 12.6. The summed E-state index contributed by atoms with van der Waals surface area (Å²) in [6, 6.07) is -0.985. The normalized spacial score (nSPS) is 14.0. The lowest BCUT2D eigenvalue weighted by molar-refractivity contribution is -0.132. The second kappa shape index (κ2) is 49.8. The summed E-state index contributed by atoms with van der Waals surface area (Å²) >= 11 is 0. The van der Waals surface area contributed by atoms with E-state index in [-0.39, 0.29) is 0 Å². The predicted molar refractivity (Wildman–Crippen MR) is 265 cm³/mol. The topological polar surface area (TPSA) is 110 Å². The minimum absolute atomic E-state index is 0.370. The van der Waals surface area contributed by atoms with Gasteiger partial charge in [-0.15, -0.1) is 0 Å². The Bertz CT molecular complexity index is 924. The summed E-state index contributed by atoms with van der Waals surface area (Å²) in [6.45, 7) is 3.98. The largest absolute Gasteiger partial charge is 0.394 e. The molecule has 0 aliphatic heterocycles. The molecule has 4 unspecified atom stereocenters. The van der Waals surface area contributed by atoms with Gasteiger partial charge in [0.05, 0.1) is 18.8 Å². The van der Waals surface area contributed by atoms with Gasteiger partial charge in [-0.2, -0.15) is 0 Å². The van der Waals surface area contributed by atoms with E-state index < -0.39 is 36.9 Å². The lowest BCUT2D eigenvalue weighted by Crippen LogP contribution is -2.53. The molecule has 61 heavy (non-hydrogen) atoms. The van der Waals surface area contributed by atoms with Crippen LogP contribution in [0.3, 0.4) is 0 Å². The van der Waals surface area contributed by atoms with Crippen molar-refractivity contribution in [1.29, 1.82) is 0 Å². The molecule has 0 bridgehead atoms. The molecule has 4 atom stereocenters. The first-order valence-corrected chi connectivity index (χ1v) is 27.2. The first-order valence-electron chi connectivity index (χ1n) is 27.2. The third kappa shape index (κ3) is 43.8. The maximum atomic E-state index is 12.6. The van der Waals surface area contributed by atoms with Crippen LogP contribution >= 0.6 is 0 Å². The Hall–Kier alpha value is -1.21. The number of unbranched alkanes of at least 4 members (excludes halogenated alkanes) is 37. The quantitative estimate of drug-likeness (QED) is 0.0309. The van der Waals surface area contributed by atoms with Gasteiger partial charge in [0.2, 0.25) is 5.91 Å². The van der Waals surface area contributed by atoms with Gasteiger partial charge in [0.15, 0.2) is 0 Å². The number of hydrogen-bond acceptors (Lipinski definition) is 5. The molecule has 0 saturated carbocycles. The van der Waals surface area contributed by atoms with Gasteiger partial charge in [0.25, 0.3) is 0 Å². The molecule has 0 spiro atoms. The van der Waals surface area contributed by atoms with Crippen LogP contribution < -0.4 is 5.32 Å². The number of amides is 1. The summed E-state index contributed by atoms with van der Waals surface area (Å²) in [4.78, 5) is 12.6. The number of carbonyl (C=O) groups is 1. The fourth-order valence-electron chi connectivity index (χ4n) is 8.68. The molecule has 1 amide bonds. The summed E-state index contributed by atoms with van der Waals surface area (Å²) in [7, 11) is 0. The number of allylic oxidation sites excluding steroid dienone is 4. The van der Waals surface area contributed by atoms with Crippen LogP contribution in [0.2, 0.25) is 0 Å². The molecule has 0 aromatic heterocycles. The molecule has 5 N–H and O–H groups in total. The first kappa shape index (κ1) is 59.8. The highest BCUT2D eigenvalue weighted by molar-refractivity contribution is 5.80. The van der Waals surface area contributed by atoms with E-state index in [1.54, 1.807) is 0 Å². The first-order chi connectivity index (χ1) is 30.0. The summed E-state index contributed by atoms with van der Waals surface area (Å²) < 4.78 is 0. The molecule has 0 rings (SSSR count). The summed E-state index contributed by atoms with van der Waals surface area (Å²) in [6.07, 6.45) is 59.5. The van der Waals surface area contributed by atoms with Crippen LogP contribution in [-0.4, -0.2) is 57.3 Å². The summed E-state index contributed by atoms with van der Waals surface area (Å²) in [5, 5.41) is 44.0. The average molecular weight is 862 g/mol. The van der Waals surface area contributed by atoms with Crippen molar-refractivity contribution < 1.29 is 25.2 Å². The van der Waals surface area contributed by atoms with Crippen molar-refractivity contribution in [3.8, 4) is 0 Å². The number of aliphatic hydroxyl groups excluding tert-OH is 4. The van der Waals surface area contributed by atoms with Crippen LogP contribution in [0.25, 0.3) is 0 Å². The molecule has 0 aliphatic rings. The van der Waals surface area contributed by atoms with Crippen molar-refractivity contribution in [3.05, 3.63) is 24.3 Å². The molecule has 6 nitrogen and oxygen atoms in total. The zero-order valence-electron chi connectivity index (χ0n) is 40.9. The van der Waals surface area contributed by atoms with Crippen molar-refractivity contribution in [3.63, 3.8) is 0 Å². The standard InChI is InChI=1S/C55H107NO5/c1-3-5-7-9-11-13-15-17-19-21-23-25-26-27-28-29-31-32-34-36-38-40-42-44-46-48-52(58)54(60)51(50-57)56-55(61)53(59)49-47-45-43-41-39-37-35-33-30-24-22-20-18-16-14-12-10-8-6-4-2/h6,8,12,14,51-54,57-60H,3-5,7,9-11,13,15-50H2,1-2H3,(H,56,61)/b8-6-,14-12-. The van der Waals surface area contributed by atoms with Crippen LogP contribution in [0.4, 0.5) is 0 Å². The van der Waals surface area contributed by atoms with E-state index in [1.807, 2.05) is 0 Å². The smallest absolute Gasteiger partial charge is 0.249 e. The molecular weight excluding hydrogens is 755 g/mol. The third-order valence-electron chi connectivity index (χ3n) is 12.9. The van der Waals surface area contributed by atoms with E-state index in [4.69, 9.17) is 0 Å². The van der Waals surface area contributed by atoms with Crippen LogP contribution in [0.1, 0.15) is 290 Å². The second-order valence-electron chi connectivity index (χ2n) is 18.9. The molecule has 362 valence electrons. The second-order valence-corrected chi connectivity index (χ2v) is 18.9. The Morgan fingerprint density at radius 1 is 0.426 bits per heavy atom. The van der Waals surface area contributed by atoms with E-state index in [9.17, 15) is 25.2 Å². The fraction of sp³-hybridized carbons (Fsp3) is 0.909. The SMILES string of the molecule is CC/C=C\C/C=C\CCCCCCCCCCCCCCCC(O)C(=O)NC(CO)C(O)C(O)CCCCCCCCCCCCCCCCCCCCCCCCCCC. The molecule has 0 fully saturated rings. The molecule has 6 heteroatoms. The summed E-state index contributed by atoms with van der Waals surface area (Å²) in [5.74, 6) is -0.581. The Kier molecular flexibility index (Phi) is 48.8. The van der Waals surface area contributed by atoms with Crippen molar-refractivity contribution in [2.45, 2.75) is 314 Å². The van der Waals surface area contributed by atoms with E-state index >= 15 is 0 Å². The number of nitrogens with one attached hydrogen (secondary N) is 1. The van der Waals surface area contributed by atoms with E-state index in [1.165, 1.54) is 212 Å². The van der Waals surface area contributed by atoms with Crippen molar-refractivity contribution >= 4 is 5.91 Å². The average Bonchev–Trinajstić information content (AvgIpc) is 3.26. The van der Waals surface area contributed by atoms with Gasteiger partial charge in [-0.05, 0) is 38.5 Å². The van der Waals surface area contributed by atoms with Crippen molar-refractivity contribution in [2.24, 2.45) is 0 Å². The van der Waals surface area contributed by atoms with Crippen molar-refractivity contribution in [1.82, 2.24) is 5.32 Å². The zero-order chi connectivity index (χ0) is 44.5. The fourth-order valence-corrected chi connectivity index (χ4v) is 8.68. The van der Waals surface area contributed by atoms with E-state index in [2.05, 4.69) is 43.5 Å². The molecular formula is C55H107NO5. The lowest BCUT2D eigenvalue weighted by atomic mass is 9.99. The van der Waals surface area contributed by atoms with Crippen LogP contribution in [0, 0.1) is 0 Å². The van der Waals surface area contributed by atoms with E-state index in [0.717, 1.165) is 51.4 Å². The van der Waals surface area contributed by atoms with Gasteiger partial charge in [0.1, 0.15) is 12.2 Å². The molecule has 0 heterocycles. The van der Waals surface area contributed by atoms with Gasteiger partial charge in [-0.3, -0.25) is 4.79 Å². The highest BCUT2D eigenvalue weighted by atomic mass is 16.3. The molecule has 0 aliphatic carbocycles.